The Morgan fingerprint density at radius 3 is 2.46 bits per heavy atom. The first-order valence-electron chi connectivity index (χ1n) is 11.0. The third-order valence-electron chi connectivity index (χ3n) is 6.64. The molecule has 3 atom stereocenters. The maximum Gasteiger partial charge on any atom is 0.221 e. The van der Waals surface area contributed by atoms with Crippen molar-refractivity contribution < 1.29 is 9.52 Å². The van der Waals surface area contributed by atoms with Crippen molar-refractivity contribution >= 4 is 0 Å². The molecule has 3 rings (SSSR count). The third-order valence-corrected chi connectivity index (χ3v) is 6.64. The minimum atomic E-state index is -0.101. The number of hydrogen-bond acceptors (Lipinski definition) is 5. The summed E-state index contributed by atoms with van der Waals surface area (Å²) in [5, 5.41) is 18.4. The number of rotatable bonds is 5. The molecule has 5 nitrogen and oxygen atoms in total. The molecule has 0 amide bonds. The molecule has 0 saturated carbocycles. The Hall–Kier alpha value is -1.20. The lowest BCUT2D eigenvalue weighted by Gasteiger charge is -2.40. The van der Waals surface area contributed by atoms with Gasteiger partial charge in [-0.2, -0.15) is 0 Å². The van der Waals surface area contributed by atoms with E-state index in [0.717, 1.165) is 50.7 Å². The van der Waals surface area contributed by atoms with E-state index in [0.29, 0.717) is 23.7 Å². The Bertz CT molecular complexity index is 666. The standard InChI is InChI=1S/C23H39N3O2/c1-15(2)20-12-17(13-21-24-25-22(28-21)23(4,5)6)16(3)11-18(20)14-26-9-7-19(27)8-10-26/h11,15,17-20,27H,7-10,12-14H2,1-6H3. The van der Waals surface area contributed by atoms with Crippen molar-refractivity contribution in [1.29, 1.82) is 0 Å². The largest absolute Gasteiger partial charge is 0.425 e. The van der Waals surface area contributed by atoms with Crippen molar-refractivity contribution in [2.45, 2.75) is 78.7 Å². The molecule has 0 bridgehead atoms. The number of hydrogen-bond donors (Lipinski definition) is 1. The van der Waals surface area contributed by atoms with Gasteiger partial charge in [0.25, 0.3) is 0 Å². The molecule has 2 aliphatic rings. The van der Waals surface area contributed by atoms with Gasteiger partial charge in [0.15, 0.2) is 0 Å². The van der Waals surface area contributed by atoms with E-state index >= 15 is 0 Å². The number of aliphatic hydroxyl groups excluding tert-OH is 1. The Morgan fingerprint density at radius 2 is 1.89 bits per heavy atom. The lowest BCUT2D eigenvalue weighted by Crippen LogP contribution is -2.42. The van der Waals surface area contributed by atoms with Crippen LogP contribution in [-0.2, 0) is 11.8 Å². The second-order valence-electron chi connectivity index (χ2n) is 10.4. The first kappa shape index (κ1) is 21.5. The molecule has 1 saturated heterocycles. The van der Waals surface area contributed by atoms with E-state index in [1.165, 1.54) is 12.0 Å². The molecule has 28 heavy (non-hydrogen) atoms. The molecule has 1 N–H and O–H groups in total. The first-order valence-corrected chi connectivity index (χ1v) is 11.0. The fourth-order valence-electron chi connectivity index (χ4n) is 4.74. The Morgan fingerprint density at radius 1 is 1.21 bits per heavy atom. The van der Waals surface area contributed by atoms with Crippen LogP contribution in [0, 0.1) is 23.7 Å². The normalized spacial score (nSPS) is 28.0. The summed E-state index contributed by atoms with van der Waals surface area (Å²) >= 11 is 0. The Labute approximate surface area is 170 Å². The number of piperidine rings is 1. The van der Waals surface area contributed by atoms with Crippen LogP contribution in [-0.4, -0.2) is 45.9 Å². The van der Waals surface area contributed by atoms with Crippen molar-refractivity contribution in [3.05, 3.63) is 23.4 Å². The number of allylic oxidation sites excluding steroid dienone is 1. The van der Waals surface area contributed by atoms with Crippen LogP contribution in [0.2, 0.25) is 0 Å². The summed E-state index contributed by atoms with van der Waals surface area (Å²) in [6.45, 7) is 16.5. The quantitative estimate of drug-likeness (QED) is 0.764. The second kappa shape index (κ2) is 8.66. The summed E-state index contributed by atoms with van der Waals surface area (Å²) in [7, 11) is 0. The van der Waals surface area contributed by atoms with Crippen LogP contribution in [0.15, 0.2) is 16.1 Å². The molecule has 1 aromatic rings. The highest BCUT2D eigenvalue weighted by Gasteiger charge is 2.34. The topological polar surface area (TPSA) is 62.4 Å². The molecule has 2 heterocycles. The first-order chi connectivity index (χ1) is 13.1. The van der Waals surface area contributed by atoms with Crippen molar-refractivity contribution in [1.82, 2.24) is 15.1 Å². The van der Waals surface area contributed by atoms with Gasteiger partial charge in [0.1, 0.15) is 0 Å². The van der Waals surface area contributed by atoms with Crippen LogP contribution in [0.5, 0.6) is 0 Å². The molecule has 1 aromatic heterocycles. The highest BCUT2D eigenvalue weighted by atomic mass is 16.4. The summed E-state index contributed by atoms with van der Waals surface area (Å²) in [5.41, 5.74) is 1.37. The molecule has 1 aliphatic carbocycles. The molecular formula is C23H39N3O2. The van der Waals surface area contributed by atoms with Crippen molar-refractivity contribution in [2.24, 2.45) is 23.7 Å². The van der Waals surface area contributed by atoms with Gasteiger partial charge >= 0.3 is 0 Å². The number of aliphatic hydroxyl groups is 1. The van der Waals surface area contributed by atoms with Gasteiger partial charge in [-0.05, 0) is 49.9 Å². The van der Waals surface area contributed by atoms with E-state index in [-0.39, 0.29) is 11.5 Å². The summed E-state index contributed by atoms with van der Waals surface area (Å²) in [6, 6.07) is 0. The van der Waals surface area contributed by atoms with Crippen LogP contribution < -0.4 is 0 Å². The van der Waals surface area contributed by atoms with Crippen LogP contribution in [0.25, 0.3) is 0 Å². The Kier molecular flexibility index (Phi) is 6.65. The van der Waals surface area contributed by atoms with Gasteiger partial charge in [-0.3, -0.25) is 0 Å². The zero-order chi connectivity index (χ0) is 20.5. The lowest BCUT2D eigenvalue weighted by molar-refractivity contribution is 0.0669. The van der Waals surface area contributed by atoms with Gasteiger partial charge in [0, 0.05) is 31.5 Å². The fourth-order valence-corrected chi connectivity index (χ4v) is 4.74. The van der Waals surface area contributed by atoms with Gasteiger partial charge < -0.3 is 14.4 Å². The van der Waals surface area contributed by atoms with Gasteiger partial charge in [0.2, 0.25) is 11.8 Å². The summed E-state index contributed by atoms with van der Waals surface area (Å²) in [5.74, 6) is 3.91. The highest BCUT2D eigenvalue weighted by Crippen LogP contribution is 2.39. The summed E-state index contributed by atoms with van der Waals surface area (Å²) < 4.78 is 5.97. The molecule has 5 heteroatoms. The molecule has 0 radical (unpaired) electrons. The van der Waals surface area contributed by atoms with E-state index in [1.807, 2.05) is 0 Å². The van der Waals surface area contributed by atoms with Crippen molar-refractivity contribution in [2.75, 3.05) is 19.6 Å². The third kappa shape index (κ3) is 5.24. The predicted octanol–water partition coefficient (Wildman–Crippen LogP) is 4.22. The fraction of sp³-hybridized carbons (Fsp3) is 0.826. The minimum Gasteiger partial charge on any atom is -0.425 e. The molecule has 158 valence electrons. The SMILES string of the molecule is CC1=CC(CN2CCC(O)CC2)C(C(C)C)CC1Cc1nnc(C(C)(C)C)o1. The Balaban J connectivity index is 1.68. The minimum absolute atomic E-state index is 0.0995. The van der Waals surface area contributed by atoms with E-state index in [2.05, 4.69) is 62.7 Å². The van der Waals surface area contributed by atoms with Crippen LogP contribution in [0.3, 0.4) is 0 Å². The molecule has 3 unspecified atom stereocenters. The molecular weight excluding hydrogens is 350 g/mol. The molecule has 1 aliphatic heterocycles. The van der Waals surface area contributed by atoms with E-state index in [1.54, 1.807) is 0 Å². The van der Waals surface area contributed by atoms with E-state index < -0.39 is 0 Å². The van der Waals surface area contributed by atoms with Crippen LogP contribution >= 0.6 is 0 Å². The van der Waals surface area contributed by atoms with Crippen molar-refractivity contribution in [3.63, 3.8) is 0 Å². The van der Waals surface area contributed by atoms with E-state index in [4.69, 9.17) is 4.42 Å². The maximum atomic E-state index is 9.78. The highest BCUT2D eigenvalue weighted by molar-refractivity contribution is 5.14. The van der Waals surface area contributed by atoms with Crippen LogP contribution in [0.1, 0.15) is 72.6 Å². The average Bonchev–Trinajstić information content (AvgIpc) is 3.08. The zero-order valence-corrected chi connectivity index (χ0v) is 18.6. The number of likely N-dealkylation sites (tertiary alicyclic amines) is 1. The lowest BCUT2D eigenvalue weighted by atomic mass is 9.69. The predicted molar refractivity (Wildman–Crippen MR) is 112 cm³/mol. The maximum absolute atomic E-state index is 9.78. The number of nitrogens with zero attached hydrogens (tertiary/aromatic N) is 3. The van der Waals surface area contributed by atoms with Gasteiger partial charge in [-0.1, -0.05) is 46.3 Å². The van der Waals surface area contributed by atoms with Crippen LogP contribution in [0.4, 0.5) is 0 Å². The smallest absolute Gasteiger partial charge is 0.221 e. The zero-order valence-electron chi connectivity index (χ0n) is 18.6. The van der Waals surface area contributed by atoms with Crippen molar-refractivity contribution in [3.8, 4) is 0 Å². The average molecular weight is 390 g/mol. The van der Waals surface area contributed by atoms with Gasteiger partial charge in [-0.25, -0.2) is 0 Å². The molecule has 1 fully saturated rings. The van der Waals surface area contributed by atoms with E-state index in [9.17, 15) is 5.11 Å². The summed E-state index contributed by atoms with van der Waals surface area (Å²) in [4.78, 5) is 2.55. The molecule has 0 aromatic carbocycles. The number of aromatic nitrogens is 2. The molecule has 0 spiro atoms. The summed E-state index contributed by atoms with van der Waals surface area (Å²) in [6.07, 6.45) is 6.28. The van der Waals surface area contributed by atoms with Gasteiger partial charge in [-0.15, -0.1) is 10.2 Å². The van der Waals surface area contributed by atoms with Gasteiger partial charge in [0.05, 0.1) is 6.10 Å². The second-order valence-corrected chi connectivity index (χ2v) is 10.4. The monoisotopic (exact) mass is 389 g/mol.